The van der Waals surface area contributed by atoms with Gasteiger partial charge >= 0.3 is 0 Å². The number of hydrogen-bond acceptors (Lipinski definition) is 2. The minimum Gasteiger partial charge on any atom is -0.326 e. The summed E-state index contributed by atoms with van der Waals surface area (Å²) in [4.78, 5) is 2.69. The van der Waals surface area contributed by atoms with Gasteiger partial charge in [0, 0.05) is 12.6 Å². The van der Waals surface area contributed by atoms with Crippen molar-refractivity contribution >= 4 is 0 Å². The molecule has 5 fully saturated rings. The van der Waals surface area contributed by atoms with Crippen molar-refractivity contribution in [3.05, 3.63) is 0 Å². The van der Waals surface area contributed by atoms with Gasteiger partial charge in [-0.25, -0.2) is 0 Å². The third-order valence-electron chi connectivity index (χ3n) is 7.61. The predicted molar refractivity (Wildman–Crippen MR) is 88.0 cm³/mol. The molecule has 4 bridgehead atoms. The first-order valence-electron chi connectivity index (χ1n) is 9.65. The lowest BCUT2D eigenvalue weighted by Gasteiger charge is -2.59. The Bertz CT molecular complexity index is 334. The van der Waals surface area contributed by atoms with Crippen LogP contribution in [0.5, 0.6) is 0 Å². The van der Waals surface area contributed by atoms with Crippen LogP contribution in [0.1, 0.15) is 64.7 Å². The third kappa shape index (κ3) is 2.67. The zero-order valence-corrected chi connectivity index (χ0v) is 13.9. The lowest BCUT2D eigenvalue weighted by atomic mass is 9.48. The highest BCUT2D eigenvalue weighted by Crippen LogP contribution is 2.61. The SMILES string of the molecule is CCC1CCN(CC(N)C23CC4CC(CC(C4)C2)C3)CC1. The van der Waals surface area contributed by atoms with E-state index in [2.05, 4.69) is 11.8 Å². The Morgan fingerprint density at radius 1 is 1.00 bits per heavy atom. The Morgan fingerprint density at radius 3 is 2.00 bits per heavy atom. The smallest absolute Gasteiger partial charge is 0.0225 e. The Morgan fingerprint density at radius 2 is 1.52 bits per heavy atom. The maximum Gasteiger partial charge on any atom is 0.0225 e. The van der Waals surface area contributed by atoms with Crippen LogP contribution in [0.3, 0.4) is 0 Å². The van der Waals surface area contributed by atoms with E-state index in [0.717, 1.165) is 23.7 Å². The van der Waals surface area contributed by atoms with Crippen molar-refractivity contribution in [2.24, 2.45) is 34.8 Å². The quantitative estimate of drug-likeness (QED) is 0.856. The summed E-state index contributed by atoms with van der Waals surface area (Å²) < 4.78 is 0. The van der Waals surface area contributed by atoms with Crippen LogP contribution in [-0.4, -0.2) is 30.6 Å². The second-order valence-corrected chi connectivity index (χ2v) is 9.04. The van der Waals surface area contributed by atoms with E-state index in [4.69, 9.17) is 5.73 Å². The van der Waals surface area contributed by atoms with Crippen LogP contribution in [0, 0.1) is 29.1 Å². The van der Waals surface area contributed by atoms with Crippen molar-refractivity contribution < 1.29 is 0 Å². The zero-order valence-electron chi connectivity index (χ0n) is 13.9. The summed E-state index contributed by atoms with van der Waals surface area (Å²) in [7, 11) is 0. The van der Waals surface area contributed by atoms with Gasteiger partial charge in [-0.3, -0.25) is 0 Å². The lowest BCUT2D eigenvalue weighted by molar-refractivity contribution is -0.0724. The van der Waals surface area contributed by atoms with Gasteiger partial charge in [0.05, 0.1) is 0 Å². The summed E-state index contributed by atoms with van der Waals surface area (Å²) in [5, 5.41) is 0. The van der Waals surface area contributed by atoms with E-state index in [1.165, 1.54) is 77.4 Å². The predicted octanol–water partition coefficient (Wildman–Crippen LogP) is 3.65. The molecule has 1 aliphatic heterocycles. The minimum atomic E-state index is 0.448. The summed E-state index contributed by atoms with van der Waals surface area (Å²) in [6, 6.07) is 0.448. The maximum atomic E-state index is 6.83. The molecule has 21 heavy (non-hydrogen) atoms. The van der Waals surface area contributed by atoms with Gasteiger partial charge in [-0.05, 0) is 93.5 Å². The highest BCUT2D eigenvalue weighted by molar-refractivity contribution is 5.06. The van der Waals surface area contributed by atoms with E-state index < -0.39 is 0 Å². The average Bonchev–Trinajstić information content (AvgIpc) is 2.46. The topological polar surface area (TPSA) is 29.3 Å². The molecule has 0 amide bonds. The molecule has 1 heterocycles. The van der Waals surface area contributed by atoms with Crippen molar-refractivity contribution in [3.63, 3.8) is 0 Å². The molecule has 2 nitrogen and oxygen atoms in total. The van der Waals surface area contributed by atoms with E-state index in [1.807, 2.05) is 0 Å². The molecule has 0 radical (unpaired) electrons. The molecule has 2 heteroatoms. The van der Waals surface area contributed by atoms with Gasteiger partial charge < -0.3 is 10.6 Å². The fourth-order valence-electron chi connectivity index (χ4n) is 6.68. The largest absolute Gasteiger partial charge is 0.326 e. The second-order valence-electron chi connectivity index (χ2n) is 9.04. The van der Waals surface area contributed by atoms with Crippen LogP contribution in [0.15, 0.2) is 0 Å². The first-order valence-corrected chi connectivity index (χ1v) is 9.65. The Kier molecular flexibility index (Phi) is 3.82. The zero-order chi connectivity index (χ0) is 14.4. The fraction of sp³-hybridized carbons (Fsp3) is 1.00. The normalized spacial score (nSPS) is 45.1. The monoisotopic (exact) mass is 290 g/mol. The van der Waals surface area contributed by atoms with Crippen molar-refractivity contribution in [3.8, 4) is 0 Å². The average molecular weight is 290 g/mol. The van der Waals surface area contributed by atoms with Crippen molar-refractivity contribution in [1.29, 1.82) is 0 Å². The van der Waals surface area contributed by atoms with Crippen molar-refractivity contribution in [2.75, 3.05) is 19.6 Å². The van der Waals surface area contributed by atoms with Crippen molar-refractivity contribution in [1.82, 2.24) is 4.90 Å². The molecule has 5 aliphatic rings. The molecule has 1 unspecified atom stereocenters. The van der Waals surface area contributed by atoms with Gasteiger partial charge in [-0.2, -0.15) is 0 Å². The van der Waals surface area contributed by atoms with Crippen LogP contribution in [0.25, 0.3) is 0 Å². The molecule has 4 saturated carbocycles. The Hall–Kier alpha value is -0.0800. The van der Waals surface area contributed by atoms with E-state index in [1.54, 1.807) is 0 Å². The van der Waals surface area contributed by atoms with Gasteiger partial charge in [0.2, 0.25) is 0 Å². The molecule has 0 aromatic rings. The summed E-state index contributed by atoms with van der Waals surface area (Å²) in [6.07, 6.45) is 13.2. The summed E-state index contributed by atoms with van der Waals surface area (Å²) in [5.41, 5.74) is 7.37. The molecule has 2 N–H and O–H groups in total. The van der Waals surface area contributed by atoms with Gasteiger partial charge in [-0.15, -0.1) is 0 Å². The first-order chi connectivity index (χ1) is 10.2. The molecule has 1 atom stereocenters. The number of likely N-dealkylation sites (tertiary alicyclic amines) is 1. The molecular weight excluding hydrogens is 256 g/mol. The summed E-state index contributed by atoms with van der Waals surface area (Å²) >= 11 is 0. The van der Waals surface area contributed by atoms with E-state index in [-0.39, 0.29) is 0 Å². The fourth-order valence-corrected chi connectivity index (χ4v) is 6.68. The number of hydrogen-bond donors (Lipinski definition) is 1. The molecule has 1 saturated heterocycles. The lowest BCUT2D eigenvalue weighted by Crippen LogP contribution is -2.58. The van der Waals surface area contributed by atoms with Crippen LogP contribution >= 0.6 is 0 Å². The van der Waals surface area contributed by atoms with Crippen LogP contribution < -0.4 is 5.73 Å². The number of nitrogens with two attached hydrogens (primary N) is 1. The van der Waals surface area contributed by atoms with Gasteiger partial charge in [-0.1, -0.05) is 13.3 Å². The van der Waals surface area contributed by atoms with Gasteiger partial charge in [0.1, 0.15) is 0 Å². The highest BCUT2D eigenvalue weighted by atomic mass is 15.1. The molecule has 0 spiro atoms. The standard InChI is InChI=1S/C19H34N2/c1-2-14-3-5-21(6-4-14)13-18(20)19-10-15-7-16(11-19)9-17(8-15)12-19/h14-18H,2-13,20H2,1H3. The summed E-state index contributed by atoms with van der Waals surface area (Å²) in [6.45, 7) is 6.14. The maximum absolute atomic E-state index is 6.83. The number of rotatable bonds is 4. The van der Waals surface area contributed by atoms with E-state index in [0.29, 0.717) is 11.5 Å². The molecule has 0 aromatic heterocycles. The Balaban J connectivity index is 1.38. The molecular formula is C19H34N2. The molecule has 0 aromatic carbocycles. The van der Waals surface area contributed by atoms with Crippen LogP contribution in [0.4, 0.5) is 0 Å². The second kappa shape index (κ2) is 5.53. The van der Waals surface area contributed by atoms with E-state index >= 15 is 0 Å². The highest BCUT2D eigenvalue weighted by Gasteiger charge is 2.53. The first kappa shape index (κ1) is 14.5. The van der Waals surface area contributed by atoms with E-state index in [9.17, 15) is 0 Å². The molecule has 4 aliphatic carbocycles. The summed E-state index contributed by atoms with van der Waals surface area (Å²) in [5.74, 6) is 4.09. The molecule has 5 rings (SSSR count). The van der Waals surface area contributed by atoms with Crippen LogP contribution in [0.2, 0.25) is 0 Å². The number of nitrogens with zero attached hydrogens (tertiary/aromatic N) is 1. The minimum absolute atomic E-state index is 0.448. The van der Waals surface area contributed by atoms with Crippen LogP contribution in [-0.2, 0) is 0 Å². The third-order valence-corrected chi connectivity index (χ3v) is 7.61. The van der Waals surface area contributed by atoms with Gasteiger partial charge in [0.25, 0.3) is 0 Å². The van der Waals surface area contributed by atoms with Gasteiger partial charge in [0.15, 0.2) is 0 Å². The molecule has 120 valence electrons. The van der Waals surface area contributed by atoms with Crippen molar-refractivity contribution in [2.45, 2.75) is 70.8 Å². The Labute approximate surface area is 130 Å². The number of piperidine rings is 1.